The van der Waals surface area contributed by atoms with Crippen molar-refractivity contribution < 1.29 is 4.74 Å². The molecule has 0 fully saturated rings. The number of hydrogen-bond donors (Lipinski definition) is 1. The molecule has 2 rings (SSSR count). The maximum Gasteiger partial charge on any atom is 0.138 e. The van der Waals surface area contributed by atoms with Crippen molar-refractivity contribution in [2.45, 2.75) is 26.5 Å². The molecule has 3 heteroatoms. The summed E-state index contributed by atoms with van der Waals surface area (Å²) in [6.07, 6.45) is 1.78. The third-order valence-corrected chi connectivity index (χ3v) is 2.96. The zero-order valence-electron chi connectivity index (χ0n) is 11.5. The summed E-state index contributed by atoms with van der Waals surface area (Å²) in [6, 6.07) is 14.4. The van der Waals surface area contributed by atoms with Crippen LogP contribution in [0.2, 0.25) is 0 Å². The van der Waals surface area contributed by atoms with E-state index in [0.717, 1.165) is 23.6 Å². The molecule has 3 nitrogen and oxygen atoms in total. The Hall–Kier alpha value is -1.87. The highest BCUT2D eigenvalue weighted by Gasteiger charge is 2.05. The van der Waals surface area contributed by atoms with Gasteiger partial charge >= 0.3 is 0 Å². The molecule has 0 amide bonds. The lowest BCUT2D eigenvalue weighted by atomic mass is 10.2. The van der Waals surface area contributed by atoms with Gasteiger partial charge in [-0.3, -0.25) is 4.98 Å². The Bertz CT molecular complexity index is 482. The van der Waals surface area contributed by atoms with Gasteiger partial charge in [0.15, 0.2) is 0 Å². The zero-order valence-corrected chi connectivity index (χ0v) is 11.5. The highest BCUT2D eigenvalue weighted by Crippen LogP contribution is 2.15. The molecular formula is C16H20N2O. The van der Waals surface area contributed by atoms with Crippen molar-refractivity contribution in [2.75, 3.05) is 6.54 Å². The number of ether oxygens (including phenoxy) is 1. The summed E-state index contributed by atoms with van der Waals surface area (Å²) in [4.78, 5) is 4.42. The van der Waals surface area contributed by atoms with Gasteiger partial charge in [0.05, 0.1) is 11.9 Å². The molecule has 1 aromatic heterocycles. The first-order chi connectivity index (χ1) is 9.29. The third kappa shape index (κ3) is 4.07. The Morgan fingerprint density at radius 1 is 1.16 bits per heavy atom. The first-order valence-electron chi connectivity index (χ1n) is 6.65. The first-order valence-corrected chi connectivity index (χ1v) is 6.65. The Labute approximate surface area is 114 Å². The SMILES string of the molecule is CCNC(C)c1ccc(OCc2ccccc2)cn1. The smallest absolute Gasteiger partial charge is 0.138 e. The molecule has 100 valence electrons. The number of nitrogens with one attached hydrogen (secondary N) is 1. The van der Waals surface area contributed by atoms with E-state index in [0.29, 0.717) is 6.61 Å². The summed E-state index contributed by atoms with van der Waals surface area (Å²) in [6.45, 7) is 5.71. The standard InChI is InChI=1S/C16H20N2O/c1-3-17-13(2)16-10-9-15(11-18-16)19-12-14-7-5-4-6-8-14/h4-11,13,17H,3,12H2,1-2H3. The van der Waals surface area contributed by atoms with E-state index in [1.807, 2.05) is 30.3 Å². The molecule has 1 heterocycles. The molecule has 0 aliphatic heterocycles. The van der Waals surface area contributed by atoms with Crippen molar-refractivity contribution in [3.63, 3.8) is 0 Å². The van der Waals surface area contributed by atoms with E-state index in [2.05, 4.69) is 36.3 Å². The number of hydrogen-bond acceptors (Lipinski definition) is 3. The monoisotopic (exact) mass is 256 g/mol. The first kappa shape index (κ1) is 13.6. The largest absolute Gasteiger partial charge is 0.487 e. The highest BCUT2D eigenvalue weighted by molar-refractivity contribution is 5.22. The second kappa shape index (κ2) is 6.90. The lowest BCUT2D eigenvalue weighted by Crippen LogP contribution is -2.18. The second-order valence-corrected chi connectivity index (χ2v) is 4.47. The minimum Gasteiger partial charge on any atom is -0.487 e. The number of nitrogens with zero attached hydrogens (tertiary/aromatic N) is 1. The molecule has 0 spiro atoms. The van der Waals surface area contributed by atoms with Crippen LogP contribution in [-0.2, 0) is 6.61 Å². The van der Waals surface area contributed by atoms with Crippen LogP contribution in [-0.4, -0.2) is 11.5 Å². The molecule has 0 aliphatic carbocycles. The average molecular weight is 256 g/mol. The predicted molar refractivity (Wildman–Crippen MR) is 77.1 cm³/mol. The molecule has 1 atom stereocenters. The normalized spacial score (nSPS) is 12.1. The summed E-state index contributed by atoms with van der Waals surface area (Å²) in [5.41, 5.74) is 2.20. The van der Waals surface area contributed by atoms with E-state index in [1.165, 1.54) is 0 Å². The van der Waals surface area contributed by atoms with Crippen molar-refractivity contribution >= 4 is 0 Å². The molecule has 1 N–H and O–H groups in total. The van der Waals surface area contributed by atoms with E-state index < -0.39 is 0 Å². The highest BCUT2D eigenvalue weighted by atomic mass is 16.5. The molecule has 1 unspecified atom stereocenters. The van der Waals surface area contributed by atoms with Gasteiger partial charge < -0.3 is 10.1 Å². The molecule has 19 heavy (non-hydrogen) atoms. The van der Waals surface area contributed by atoms with Crippen LogP contribution in [0.25, 0.3) is 0 Å². The van der Waals surface area contributed by atoms with Crippen LogP contribution in [0.3, 0.4) is 0 Å². The number of pyridine rings is 1. The van der Waals surface area contributed by atoms with Crippen LogP contribution in [0, 0.1) is 0 Å². The van der Waals surface area contributed by atoms with Gasteiger partial charge in [-0.25, -0.2) is 0 Å². The number of benzene rings is 1. The van der Waals surface area contributed by atoms with Crippen LogP contribution in [0.5, 0.6) is 5.75 Å². The fraction of sp³-hybridized carbons (Fsp3) is 0.312. The van der Waals surface area contributed by atoms with Gasteiger partial charge in [0, 0.05) is 6.04 Å². The fourth-order valence-corrected chi connectivity index (χ4v) is 1.88. The summed E-state index contributed by atoms with van der Waals surface area (Å²) >= 11 is 0. The van der Waals surface area contributed by atoms with E-state index in [-0.39, 0.29) is 6.04 Å². The van der Waals surface area contributed by atoms with Gasteiger partial charge in [-0.15, -0.1) is 0 Å². The second-order valence-electron chi connectivity index (χ2n) is 4.47. The Kier molecular flexibility index (Phi) is 4.93. The summed E-state index contributed by atoms with van der Waals surface area (Å²) in [5.74, 6) is 0.802. The van der Waals surface area contributed by atoms with Crippen molar-refractivity contribution in [1.29, 1.82) is 0 Å². The van der Waals surface area contributed by atoms with Crippen molar-refractivity contribution in [1.82, 2.24) is 10.3 Å². The Morgan fingerprint density at radius 2 is 1.95 bits per heavy atom. The Morgan fingerprint density at radius 3 is 2.58 bits per heavy atom. The van der Waals surface area contributed by atoms with Crippen LogP contribution in [0.15, 0.2) is 48.7 Å². The van der Waals surface area contributed by atoms with E-state index >= 15 is 0 Å². The van der Waals surface area contributed by atoms with Gasteiger partial charge in [-0.1, -0.05) is 37.3 Å². The lowest BCUT2D eigenvalue weighted by molar-refractivity contribution is 0.304. The van der Waals surface area contributed by atoms with Gasteiger partial charge in [-0.2, -0.15) is 0 Å². The van der Waals surface area contributed by atoms with Gasteiger partial charge in [0.25, 0.3) is 0 Å². The molecule has 1 aromatic carbocycles. The fourth-order valence-electron chi connectivity index (χ4n) is 1.88. The summed E-state index contributed by atoms with van der Waals surface area (Å²) in [7, 11) is 0. The molecular weight excluding hydrogens is 236 g/mol. The zero-order chi connectivity index (χ0) is 13.5. The maximum atomic E-state index is 5.70. The van der Waals surface area contributed by atoms with Crippen LogP contribution in [0.4, 0.5) is 0 Å². The molecule has 0 bridgehead atoms. The average Bonchev–Trinajstić information content (AvgIpc) is 2.47. The predicted octanol–water partition coefficient (Wildman–Crippen LogP) is 3.33. The molecule has 0 aliphatic rings. The van der Waals surface area contributed by atoms with E-state index in [9.17, 15) is 0 Å². The van der Waals surface area contributed by atoms with Gasteiger partial charge in [0.1, 0.15) is 12.4 Å². The number of aromatic nitrogens is 1. The summed E-state index contributed by atoms with van der Waals surface area (Å²) in [5, 5.41) is 3.34. The minimum absolute atomic E-state index is 0.271. The van der Waals surface area contributed by atoms with Crippen LogP contribution < -0.4 is 10.1 Å². The van der Waals surface area contributed by atoms with Crippen molar-refractivity contribution in [2.24, 2.45) is 0 Å². The molecule has 2 aromatic rings. The molecule has 0 radical (unpaired) electrons. The molecule has 0 saturated heterocycles. The van der Waals surface area contributed by atoms with Gasteiger partial charge in [0.2, 0.25) is 0 Å². The maximum absolute atomic E-state index is 5.70. The lowest BCUT2D eigenvalue weighted by Gasteiger charge is -2.12. The third-order valence-electron chi connectivity index (χ3n) is 2.96. The topological polar surface area (TPSA) is 34.1 Å². The van der Waals surface area contributed by atoms with Crippen molar-refractivity contribution in [3.05, 3.63) is 59.9 Å². The summed E-state index contributed by atoms with van der Waals surface area (Å²) < 4.78 is 5.70. The van der Waals surface area contributed by atoms with Crippen molar-refractivity contribution in [3.8, 4) is 5.75 Å². The van der Waals surface area contributed by atoms with Gasteiger partial charge in [-0.05, 0) is 31.2 Å². The van der Waals surface area contributed by atoms with E-state index in [4.69, 9.17) is 4.74 Å². The molecule has 0 saturated carbocycles. The quantitative estimate of drug-likeness (QED) is 0.860. The van der Waals surface area contributed by atoms with Crippen LogP contribution >= 0.6 is 0 Å². The van der Waals surface area contributed by atoms with E-state index in [1.54, 1.807) is 6.20 Å². The number of rotatable bonds is 6. The minimum atomic E-state index is 0.271. The Balaban J connectivity index is 1.92. The van der Waals surface area contributed by atoms with Crippen LogP contribution in [0.1, 0.15) is 31.1 Å².